The monoisotopic (exact) mass is 177 g/mol. The molecule has 0 rings (SSSR count). The quantitative estimate of drug-likeness (QED) is 0.687. The fourth-order valence-electron chi connectivity index (χ4n) is 1.06. The molecule has 0 aromatic rings. The molecule has 0 aromatic carbocycles. The van der Waals surface area contributed by atoms with Gasteiger partial charge in [0, 0.05) is 21.3 Å². The third kappa shape index (κ3) is 3.87. The van der Waals surface area contributed by atoms with Crippen LogP contribution in [0.2, 0.25) is 0 Å². The van der Waals surface area contributed by atoms with Crippen LogP contribution < -0.4 is 5.73 Å². The van der Waals surface area contributed by atoms with Crippen molar-refractivity contribution in [1.82, 2.24) is 0 Å². The van der Waals surface area contributed by atoms with Crippen molar-refractivity contribution in [2.75, 3.05) is 6.54 Å². The van der Waals surface area contributed by atoms with Gasteiger partial charge in [0.15, 0.2) is 0 Å². The van der Waals surface area contributed by atoms with Crippen LogP contribution in [0, 0.1) is 0 Å². The lowest BCUT2D eigenvalue weighted by Crippen LogP contribution is -2.24. The zero-order valence-corrected chi connectivity index (χ0v) is 8.49. The Bertz CT molecular complexity index is 125. The highest BCUT2D eigenvalue weighted by Gasteiger charge is 2.16. The van der Waals surface area contributed by atoms with Gasteiger partial charge in [-0.05, 0) is 19.4 Å². The Kier molecular flexibility index (Phi) is 5.78. The van der Waals surface area contributed by atoms with E-state index >= 15 is 0 Å². The summed E-state index contributed by atoms with van der Waals surface area (Å²) in [6.45, 7) is 6.71. The summed E-state index contributed by atoms with van der Waals surface area (Å²) in [6.07, 6.45) is 1.86. The van der Waals surface area contributed by atoms with Crippen molar-refractivity contribution < 1.29 is 4.21 Å². The van der Waals surface area contributed by atoms with E-state index in [1.165, 1.54) is 0 Å². The van der Waals surface area contributed by atoms with E-state index in [0.29, 0.717) is 11.8 Å². The van der Waals surface area contributed by atoms with Crippen molar-refractivity contribution in [1.29, 1.82) is 0 Å². The first-order valence-electron chi connectivity index (χ1n) is 4.22. The molecule has 0 heterocycles. The van der Waals surface area contributed by atoms with Crippen LogP contribution >= 0.6 is 0 Å². The highest BCUT2D eigenvalue weighted by molar-refractivity contribution is 7.86. The molecule has 0 radical (unpaired) electrons. The maximum absolute atomic E-state index is 11.5. The summed E-state index contributed by atoms with van der Waals surface area (Å²) in [4.78, 5) is 0. The van der Waals surface area contributed by atoms with Gasteiger partial charge in [0.25, 0.3) is 0 Å². The second kappa shape index (κ2) is 5.72. The second-order valence-electron chi connectivity index (χ2n) is 2.98. The largest absolute Gasteiger partial charge is 0.330 e. The minimum absolute atomic E-state index is 0.270. The highest BCUT2D eigenvalue weighted by atomic mass is 32.2. The molecule has 2 atom stereocenters. The lowest BCUT2D eigenvalue weighted by molar-refractivity contribution is 0.643. The van der Waals surface area contributed by atoms with Gasteiger partial charge in [-0.1, -0.05) is 20.8 Å². The van der Waals surface area contributed by atoms with Gasteiger partial charge in [-0.25, -0.2) is 0 Å². The molecule has 2 nitrogen and oxygen atoms in total. The minimum Gasteiger partial charge on any atom is -0.330 e. The Morgan fingerprint density at radius 1 is 1.45 bits per heavy atom. The maximum atomic E-state index is 11.5. The number of hydrogen-bond donors (Lipinski definition) is 1. The molecule has 3 heteroatoms. The van der Waals surface area contributed by atoms with Crippen molar-refractivity contribution in [2.45, 2.75) is 44.1 Å². The molecule has 2 unspecified atom stereocenters. The number of rotatable bonds is 5. The summed E-state index contributed by atoms with van der Waals surface area (Å²) < 4.78 is 11.5. The van der Waals surface area contributed by atoms with Gasteiger partial charge in [-0.3, -0.25) is 4.21 Å². The third-order valence-electron chi connectivity index (χ3n) is 1.74. The van der Waals surface area contributed by atoms with Crippen LogP contribution in [0.5, 0.6) is 0 Å². The van der Waals surface area contributed by atoms with Gasteiger partial charge in [0.2, 0.25) is 0 Å². The van der Waals surface area contributed by atoms with E-state index in [2.05, 4.69) is 6.92 Å². The molecule has 0 aliphatic heterocycles. The van der Waals surface area contributed by atoms with Crippen molar-refractivity contribution >= 4 is 10.8 Å². The van der Waals surface area contributed by atoms with Gasteiger partial charge in [-0.15, -0.1) is 0 Å². The van der Waals surface area contributed by atoms with E-state index in [1.54, 1.807) is 0 Å². The zero-order valence-electron chi connectivity index (χ0n) is 7.67. The molecule has 0 bridgehead atoms. The lowest BCUT2D eigenvalue weighted by Gasteiger charge is -2.15. The predicted octanol–water partition coefficient (Wildman–Crippen LogP) is 1.27. The van der Waals surface area contributed by atoms with Crippen molar-refractivity contribution in [2.24, 2.45) is 5.73 Å². The van der Waals surface area contributed by atoms with E-state index in [1.807, 2.05) is 13.8 Å². The third-order valence-corrected chi connectivity index (χ3v) is 3.89. The Morgan fingerprint density at radius 2 is 2.00 bits per heavy atom. The van der Waals surface area contributed by atoms with Crippen LogP contribution in [0.1, 0.15) is 33.6 Å². The first-order chi connectivity index (χ1) is 5.13. The van der Waals surface area contributed by atoms with Gasteiger partial charge in [-0.2, -0.15) is 0 Å². The smallest absolute Gasteiger partial charge is 0.0360 e. The summed E-state index contributed by atoms with van der Waals surface area (Å²) >= 11 is 0. The Hall–Kier alpha value is 0.110. The Labute approximate surface area is 72.0 Å². The van der Waals surface area contributed by atoms with Crippen LogP contribution in [0.25, 0.3) is 0 Å². The van der Waals surface area contributed by atoms with Crippen molar-refractivity contribution in [3.63, 3.8) is 0 Å². The van der Waals surface area contributed by atoms with Crippen molar-refractivity contribution in [3.8, 4) is 0 Å². The van der Waals surface area contributed by atoms with Crippen LogP contribution in [0.3, 0.4) is 0 Å². The molecular weight excluding hydrogens is 158 g/mol. The molecule has 0 aliphatic carbocycles. The van der Waals surface area contributed by atoms with E-state index in [0.717, 1.165) is 12.8 Å². The molecular formula is C8H19NOS. The summed E-state index contributed by atoms with van der Waals surface area (Å²) in [5.74, 6) is 0. The molecule has 0 amide bonds. The Balaban J connectivity index is 3.92. The normalized spacial score (nSPS) is 16.8. The fraction of sp³-hybridized carbons (Fsp3) is 1.00. The predicted molar refractivity (Wildman–Crippen MR) is 51.0 cm³/mol. The Morgan fingerprint density at radius 3 is 2.27 bits per heavy atom. The minimum atomic E-state index is -0.689. The zero-order chi connectivity index (χ0) is 8.85. The molecule has 0 spiro atoms. The van der Waals surface area contributed by atoms with Gasteiger partial charge < -0.3 is 5.73 Å². The van der Waals surface area contributed by atoms with E-state index in [-0.39, 0.29) is 5.25 Å². The SMILES string of the molecule is CCC(CCN)S(=O)C(C)C. The van der Waals surface area contributed by atoms with E-state index < -0.39 is 10.8 Å². The molecule has 2 N–H and O–H groups in total. The topological polar surface area (TPSA) is 43.1 Å². The maximum Gasteiger partial charge on any atom is 0.0360 e. The summed E-state index contributed by atoms with van der Waals surface area (Å²) in [6, 6.07) is 0. The fourth-order valence-corrected chi connectivity index (χ4v) is 2.52. The van der Waals surface area contributed by atoms with Gasteiger partial charge >= 0.3 is 0 Å². The summed E-state index contributed by atoms with van der Waals surface area (Å²) in [5.41, 5.74) is 5.41. The summed E-state index contributed by atoms with van der Waals surface area (Å²) in [7, 11) is -0.689. The molecule has 0 saturated heterocycles. The van der Waals surface area contributed by atoms with E-state index in [4.69, 9.17) is 5.73 Å². The summed E-state index contributed by atoms with van der Waals surface area (Å²) in [5, 5.41) is 0.575. The molecule has 0 fully saturated rings. The molecule has 0 saturated carbocycles. The van der Waals surface area contributed by atoms with Crippen LogP contribution in [0.4, 0.5) is 0 Å². The number of nitrogens with two attached hydrogens (primary N) is 1. The molecule has 0 aliphatic rings. The molecule has 68 valence electrons. The first-order valence-corrected chi connectivity index (χ1v) is 5.50. The van der Waals surface area contributed by atoms with Crippen LogP contribution in [-0.2, 0) is 10.8 Å². The van der Waals surface area contributed by atoms with Crippen LogP contribution in [0.15, 0.2) is 0 Å². The van der Waals surface area contributed by atoms with E-state index in [9.17, 15) is 4.21 Å². The molecule has 0 aromatic heterocycles. The molecule has 11 heavy (non-hydrogen) atoms. The average Bonchev–Trinajstić information content (AvgIpc) is 1.98. The number of hydrogen-bond acceptors (Lipinski definition) is 2. The highest BCUT2D eigenvalue weighted by Crippen LogP contribution is 2.10. The van der Waals surface area contributed by atoms with Crippen LogP contribution in [-0.4, -0.2) is 21.3 Å². The lowest BCUT2D eigenvalue weighted by atomic mass is 10.2. The second-order valence-corrected chi connectivity index (χ2v) is 5.25. The standard InChI is InChI=1S/C8H19NOS/c1-4-8(5-6-9)11(10)7(2)3/h7-8H,4-6,9H2,1-3H3. The average molecular weight is 177 g/mol. The van der Waals surface area contributed by atoms with Crippen molar-refractivity contribution in [3.05, 3.63) is 0 Å². The van der Waals surface area contributed by atoms with Gasteiger partial charge in [0.05, 0.1) is 0 Å². The van der Waals surface area contributed by atoms with Gasteiger partial charge in [0.1, 0.15) is 0 Å². The first kappa shape index (κ1) is 11.1.